The van der Waals surface area contributed by atoms with Gasteiger partial charge in [-0.05, 0) is 53.8 Å². The van der Waals surface area contributed by atoms with Crippen molar-refractivity contribution < 1.29 is 67.4 Å². The van der Waals surface area contributed by atoms with Gasteiger partial charge in [-0.1, -0.05) is 54.6 Å². The van der Waals surface area contributed by atoms with Crippen molar-refractivity contribution in [2.24, 2.45) is 0 Å². The summed E-state index contributed by atoms with van der Waals surface area (Å²) in [5.41, 5.74) is 4.55. The number of imidazole rings is 1. The zero-order valence-corrected chi connectivity index (χ0v) is 34.6. The van der Waals surface area contributed by atoms with Crippen LogP contribution in [0.2, 0.25) is 0 Å². The average Bonchev–Trinajstić information content (AvgIpc) is 4.07. The molecule has 7 rings (SSSR count). The Kier molecular flexibility index (Phi) is 13.7. The Bertz CT molecular complexity index is 2460. The van der Waals surface area contributed by atoms with E-state index in [9.17, 15) is 34.6 Å². The van der Waals surface area contributed by atoms with Gasteiger partial charge in [-0.25, -0.2) is 9.59 Å². The first-order valence-corrected chi connectivity index (χ1v) is 20.0. The van der Waals surface area contributed by atoms with Crippen LogP contribution in [0.1, 0.15) is 56.0 Å². The van der Waals surface area contributed by atoms with Crippen molar-refractivity contribution in [3.05, 3.63) is 98.1 Å². The Labute approximate surface area is 362 Å². The molecule has 0 amide bonds. The smallest absolute Gasteiger partial charge is 0.465 e. The first kappa shape index (κ1) is 44.6. The summed E-state index contributed by atoms with van der Waals surface area (Å²) in [6, 6.07) is 20.8. The summed E-state index contributed by atoms with van der Waals surface area (Å²) in [4.78, 5) is 73.8. The minimum absolute atomic E-state index is 0.0301. The van der Waals surface area contributed by atoms with Gasteiger partial charge in [-0.3, -0.25) is 9.36 Å². The third-order valence-electron chi connectivity index (χ3n) is 10.0. The van der Waals surface area contributed by atoms with Crippen molar-refractivity contribution in [2.75, 3.05) is 26.4 Å². The second-order valence-corrected chi connectivity index (χ2v) is 14.8. The molecule has 5 atom stereocenters. The maximum Gasteiger partial charge on any atom is 0.512 e. The van der Waals surface area contributed by atoms with Crippen LogP contribution in [0.4, 0.5) is 4.79 Å². The van der Waals surface area contributed by atoms with Gasteiger partial charge in [0.25, 0.3) is 22.0 Å². The topological polar surface area (TPSA) is 293 Å². The lowest BCUT2D eigenvalue weighted by Crippen LogP contribution is -2.39. The number of rotatable bonds is 20. The Morgan fingerprint density at radius 2 is 1.64 bits per heavy atom. The molecule has 0 saturated carbocycles. The maximum atomic E-state index is 13.9. The van der Waals surface area contributed by atoms with Crippen LogP contribution in [0.5, 0.6) is 6.01 Å². The van der Waals surface area contributed by atoms with E-state index in [4.69, 9.17) is 33.2 Å². The molecule has 2 aromatic heterocycles. The lowest BCUT2D eigenvalue weighted by molar-refractivity contribution is -0.790. The number of para-hydroxylation sites is 1. The molecular formula is C40H42N8O16. The summed E-state index contributed by atoms with van der Waals surface area (Å²) in [5, 5.41) is 33.3. The van der Waals surface area contributed by atoms with E-state index in [0.29, 0.717) is 23.5 Å². The Morgan fingerprint density at radius 1 is 0.922 bits per heavy atom. The third-order valence-corrected chi connectivity index (χ3v) is 10.0. The van der Waals surface area contributed by atoms with Crippen molar-refractivity contribution in [3.63, 3.8) is 0 Å². The van der Waals surface area contributed by atoms with E-state index in [1.807, 2.05) is 55.5 Å². The number of esters is 2. The van der Waals surface area contributed by atoms with Crippen LogP contribution in [-0.4, -0.2) is 121 Å². The first-order chi connectivity index (χ1) is 30.8. The zero-order valence-electron chi connectivity index (χ0n) is 34.6. The van der Waals surface area contributed by atoms with E-state index in [1.54, 1.807) is 22.8 Å². The molecule has 64 heavy (non-hydrogen) atoms. The van der Waals surface area contributed by atoms with Gasteiger partial charge in [-0.2, -0.15) is 10.2 Å². The Morgan fingerprint density at radius 3 is 2.31 bits per heavy atom. The number of benzene rings is 3. The van der Waals surface area contributed by atoms with E-state index in [1.165, 1.54) is 13.8 Å². The van der Waals surface area contributed by atoms with Gasteiger partial charge < -0.3 is 42.8 Å². The highest BCUT2D eigenvalue weighted by atomic mass is 17.0. The molecule has 2 aliphatic rings. The molecule has 3 aromatic carbocycles. The van der Waals surface area contributed by atoms with Gasteiger partial charge in [0.1, 0.15) is 24.9 Å². The van der Waals surface area contributed by atoms with Crippen molar-refractivity contribution in [1.82, 2.24) is 30.2 Å². The number of H-pyrrole nitrogens is 1. The quantitative estimate of drug-likeness (QED) is 0.0372. The number of tetrazole rings is 1. The highest BCUT2D eigenvalue weighted by molar-refractivity contribution is 6.02. The second kappa shape index (κ2) is 19.7. The summed E-state index contributed by atoms with van der Waals surface area (Å²) in [6.45, 7) is 4.23. The van der Waals surface area contributed by atoms with Crippen molar-refractivity contribution in [1.29, 1.82) is 0 Å². The molecule has 2 fully saturated rings. The maximum absolute atomic E-state index is 13.9. The molecule has 1 unspecified atom stereocenters. The van der Waals surface area contributed by atoms with Crippen molar-refractivity contribution in [2.45, 2.75) is 82.9 Å². The lowest BCUT2D eigenvalue weighted by atomic mass is 9.98. The monoisotopic (exact) mass is 890 g/mol. The molecule has 4 heterocycles. The largest absolute Gasteiger partial charge is 0.512 e. The number of carbonyl (C=O) groups excluding carboxylic acids is 3. The zero-order chi connectivity index (χ0) is 45.4. The molecule has 2 aliphatic heterocycles. The first-order valence-electron chi connectivity index (χ1n) is 20.0. The second-order valence-electron chi connectivity index (χ2n) is 14.8. The van der Waals surface area contributed by atoms with E-state index in [-0.39, 0.29) is 50.6 Å². The van der Waals surface area contributed by atoms with Crippen molar-refractivity contribution in [3.8, 4) is 28.5 Å². The minimum atomic E-state index is -1.83. The summed E-state index contributed by atoms with van der Waals surface area (Å²) < 4.78 is 41.3. The fraction of sp³-hybridized carbons (Fsp3) is 0.425. The summed E-state index contributed by atoms with van der Waals surface area (Å²) in [5.74, 6) is -2.87. The van der Waals surface area contributed by atoms with Crippen LogP contribution in [0.15, 0.2) is 66.7 Å². The number of ether oxygens (including phenoxy) is 7. The summed E-state index contributed by atoms with van der Waals surface area (Å²) in [6.07, 6.45) is -6.20. The van der Waals surface area contributed by atoms with Gasteiger partial charge in [0, 0.05) is 25.8 Å². The van der Waals surface area contributed by atoms with Crippen molar-refractivity contribution >= 4 is 29.1 Å². The number of aromatic amines is 1. The number of hydrogen-bond acceptors (Lipinski definition) is 20. The standard InChI is InChI=1S/C40H42N8O16/c1-4-56-38-41-29-13-8-12-28(33(29)46(38)19-23-15-17-24(18-16-23)26-10-5-6-11-27(26)36-42-44-45-43-36)37(50)62-40(2,3)63-39(51)61-31-22-58-34-30(21-57-35(31)34)60-32(49)14-7-9-25(64-48(54)55)20-59-47(52)53/h5-6,8,10-13,15-18,25,30-31,34-35H,4,7,9,14,19-22H2,1-3H3,(H,42,43,44,45)/t25?,30-,31-,34+,35-/m1/s1. The Hall–Kier alpha value is -7.47. The van der Waals surface area contributed by atoms with Gasteiger partial charge in [0.15, 0.2) is 12.2 Å². The molecule has 24 heteroatoms. The summed E-state index contributed by atoms with van der Waals surface area (Å²) >= 11 is 0. The van der Waals surface area contributed by atoms with Gasteiger partial charge in [-0.15, -0.1) is 30.4 Å². The molecule has 2 saturated heterocycles. The van der Waals surface area contributed by atoms with E-state index in [2.05, 4.69) is 35.3 Å². The third kappa shape index (κ3) is 10.8. The highest BCUT2D eigenvalue weighted by Gasteiger charge is 2.51. The predicted molar refractivity (Wildman–Crippen MR) is 214 cm³/mol. The fourth-order valence-electron chi connectivity index (χ4n) is 7.31. The lowest BCUT2D eigenvalue weighted by Gasteiger charge is -2.26. The van der Waals surface area contributed by atoms with E-state index >= 15 is 0 Å². The van der Waals surface area contributed by atoms with Crippen LogP contribution in [0.25, 0.3) is 33.5 Å². The van der Waals surface area contributed by atoms with Crippen LogP contribution >= 0.6 is 0 Å². The molecule has 1 N–H and O–H groups in total. The number of carbonyl (C=O) groups is 3. The molecule has 0 spiro atoms. The number of nitrogens with zero attached hydrogens (tertiary/aromatic N) is 7. The highest BCUT2D eigenvalue weighted by Crippen LogP contribution is 2.34. The van der Waals surface area contributed by atoms with Crippen LogP contribution in [-0.2, 0) is 49.4 Å². The fourth-order valence-corrected chi connectivity index (χ4v) is 7.31. The number of hydrogen-bond donors (Lipinski definition) is 1. The predicted octanol–water partition coefficient (Wildman–Crippen LogP) is 4.41. The van der Waals surface area contributed by atoms with E-state index in [0.717, 1.165) is 22.3 Å². The van der Waals surface area contributed by atoms with Crippen LogP contribution < -0.4 is 4.74 Å². The van der Waals surface area contributed by atoms with Crippen LogP contribution in [0, 0.1) is 20.2 Å². The SMILES string of the molecule is CCOc1nc2cccc(C(=O)OC(C)(C)OC(=O)O[C@@H]3CO[C@@H]4[C@@H]3OC[C@H]4OC(=O)CCCC(CO[N+](=O)[O-])O[N+](=O)[O-])c2n1Cc1ccc(-c2ccccc2-c2nn[nH]n2)cc1. The number of nitrogens with one attached hydrogen (secondary N) is 1. The van der Waals surface area contributed by atoms with Gasteiger partial charge in [0.2, 0.25) is 5.82 Å². The molecular weight excluding hydrogens is 848 g/mol. The average molecular weight is 891 g/mol. The number of aromatic nitrogens is 6. The van der Waals surface area contributed by atoms with Crippen LogP contribution in [0.3, 0.4) is 0 Å². The van der Waals surface area contributed by atoms with Gasteiger partial charge in [0.05, 0.1) is 43.0 Å². The number of fused-ring (bicyclic) bond motifs is 2. The van der Waals surface area contributed by atoms with Gasteiger partial charge >= 0.3 is 18.1 Å². The minimum Gasteiger partial charge on any atom is -0.465 e. The van der Waals surface area contributed by atoms with E-state index < -0.39 is 71.2 Å². The normalized spacial score (nSPS) is 18.4. The molecule has 338 valence electrons. The molecule has 0 aliphatic carbocycles. The molecule has 0 radical (unpaired) electrons. The molecule has 0 bridgehead atoms. The Balaban J connectivity index is 0.950. The molecule has 24 nitrogen and oxygen atoms in total. The molecule has 5 aromatic rings. The summed E-state index contributed by atoms with van der Waals surface area (Å²) in [7, 11) is 0.